The van der Waals surface area contributed by atoms with E-state index in [9.17, 15) is 9.18 Å². The molecule has 118 valence electrons. The first kappa shape index (κ1) is 14.3. The molecule has 5 nitrogen and oxygen atoms in total. The molecular weight excluding hydrogens is 309 g/mol. The summed E-state index contributed by atoms with van der Waals surface area (Å²) >= 11 is 0. The summed E-state index contributed by atoms with van der Waals surface area (Å²) in [7, 11) is 1.85. The summed E-state index contributed by atoms with van der Waals surface area (Å²) in [4.78, 5) is 17.0. The summed E-state index contributed by atoms with van der Waals surface area (Å²) < 4.78 is 20.1. The minimum Gasteiger partial charge on any atom is -0.350 e. The zero-order valence-electron chi connectivity index (χ0n) is 12.7. The second-order valence-electron chi connectivity index (χ2n) is 5.43. The minimum atomic E-state index is -0.342. The Labute approximate surface area is 136 Å². The van der Waals surface area contributed by atoms with Gasteiger partial charge < -0.3 is 9.09 Å². The summed E-state index contributed by atoms with van der Waals surface area (Å²) in [6.07, 6.45) is 1.67. The van der Waals surface area contributed by atoms with Crippen LogP contribution >= 0.6 is 0 Å². The molecule has 0 saturated heterocycles. The SMILES string of the molecule is Cn1cc(-c2nc(-c3ccc(F)cc3)no2)c(=O)c2ccccc21. The van der Waals surface area contributed by atoms with E-state index in [1.807, 2.05) is 29.8 Å². The molecule has 6 heteroatoms. The molecule has 24 heavy (non-hydrogen) atoms. The molecule has 2 heterocycles. The molecule has 0 fully saturated rings. The standard InChI is InChI=1S/C18H12FN3O2/c1-22-10-14(16(23)13-4-2-3-5-15(13)22)18-20-17(21-24-18)11-6-8-12(19)9-7-11/h2-10H,1H3. The fraction of sp³-hybridized carbons (Fsp3) is 0.0556. The number of aromatic nitrogens is 3. The van der Waals surface area contributed by atoms with Gasteiger partial charge in [-0.2, -0.15) is 4.98 Å². The highest BCUT2D eigenvalue weighted by Gasteiger charge is 2.16. The summed E-state index contributed by atoms with van der Waals surface area (Å²) in [5.41, 5.74) is 1.60. The number of aryl methyl sites for hydroxylation is 1. The maximum Gasteiger partial charge on any atom is 0.263 e. The average Bonchev–Trinajstić information content (AvgIpc) is 3.08. The Balaban J connectivity index is 1.86. The predicted octanol–water partition coefficient (Wildman–Crippen LogP) is 3.39. The van der Waals surface area contributed by atoms with E-state index in [0.717, 1.165) is 5.52 Å². The van der Waals surface area contributed by atoms with Gasteiger partial charge in [0.25, 0.3) is 5.89 Å². The fourth-order valence-electron chi connectivity index (χ4n) is 2.64. The van der Waals surface area contributed by atoms with Crippen molar-refractivity contribution in [2.75, 3.05) is 0 Å². The second kappa shape index (κ2) is 5.42. The van der Waals surface area contributed by atoms with Gasteiger partial charge in [-0.1, -0.05) is 17.3 Å². The molecule has 0 bridgehead atoms. The molecule has 0 amide bonds. The van der Waals surface area contributed by atoms with Gasteiger partial charge in [0, 0.05) is 24.2 Å². The number of rotatable bonds is 2. The van der Waals surface area contributed by atoms with Crippen LogP contribution in [-0.2, 0) is 7.05 Å². The van der Waals surface area contributed by atoms with Gasteiger partial charge in [0.1, 0.15) is 11.4 Å². The summed E-state index contributed by atoms with van der Waals surface area (Å²) in [5, 5.41) is 4.47. The number of hydrogen-bond donors (Lipinski definition) is 0. The lowest BCUT2D eigenvalue weighted by atomic mass is 10.1. The van der Waals surface area contributed by atoms with Crippen molar-refractivity contribution in [1.82, 2.24) is 14.7 Å². The van der Waals surface area contributed by atoms with Crippen LogP contribution in [0.2, 0.25) is 0 Å². The third-order valence-electron chi connectivity index (χ3n) is 3.85. The first-order valence-electron chi connectivity index (χ1n) is 7.32. The topological polar surface area (TPSA) is 60.9 Å². The van der Waals surface area contributed by atoms with Gasteiger partial charge in [0.15, 0.2) is 0 Å². The summed E-state index contributed by atoms with van der Waals surface area (Å²) in [5.74, 6) is 0.103. The van der Waals surface area contributed by atoms with Crippen LogP contribution in [0, 0.1) is 5.82 Å². The molecule has 0 aliphatic carbocycles. The molecule has 0 aliphatic heterocycles. The van der Waals surface area contributed by atoms with Crippen molar-refractivity contribution >= 4 is 10.9 Å². The van der Waals surface area contributed by atoms with Crippen LogP contribution in [-0.4, -0.2) is 14.7 Å². The van der Waals surface area contributed by atoms with E-state index < -0.39 is 0 Å². The van der Waals surface area contributed by atoms with Crippen molar-refractivity contribution in [3.8, 4) is 22.8 Å². The molecule has 0 saturated carbocycles. The van der Waals surface area contributed by atoms with Gasteiger partial charge >= 0.3 is 0 Å². The van der Waals surface area contributed by atoms with E-state index in [0.29, 0.717) is 22.3 Å². The summed E-state index contributed by atoms with van der Waals surface area (Å²) in [6.45, 7) is 0. The first-order chi connectivity index (χ1) is 11.6. The number of pyridine rings is 1. The zero-order valence-corrected chi connectivity index (χ0v) is 12.7. The van der Waals surface area contributed by atoms with Crippen molar-refractivity contribution in [1.29, 1.82) is 0 Å². The lowest BCUT2D eigenvalue weighted by Crippen LogP contribution is -2.10. The molecule has 4 rings (SSSR count). The van der Waals surface area contributed by atoms with Gasteiger partial charge in [-0.3, -0.25) is 4.79 Å². The number of hydrogen-bond acceptors (Lipinski definition) is 4. The third kappa shape index (κ3) is 2.28. The Bertz CT molecular complexity index is 1100. The van der Waals surface area contributed by atoms with Crippen molar-refractivity contribution in [2.24, 2.45) is 7.05 Å². The van der Waals surface area contributed by atoms with E-state index >= 15 is 0 Å². The van der Waals surface area contributed by atoms with Crippen molar-refractivity contribution in [3.05, 3.63) is 70.8 Å². The normalized spacial score (nSPS) is 11.1. The number of para-hydroxylation sites is 1. The molecule has 2 aromatic heterocycles. The smallest absolute Gasteiger partial charge is 0.263 e. The van der Waals surface area contributed by atoms with Crippen molar-refractivity contribution < 1.29 is 8.91 Å². The lowest BCUT2D eigenvalue weighted by molar-refractivity contribution is 0.432. The average molecular weight is 321 g/mol. The van der Waals surface area contributed by atoms with Crippen molar-refractivity contribution in [3.63, 3.8) is 0 Å². The number of halogens is 1. The highest BCUT2D eigenvalue weighted by molar-refractivity contribution is 5.82. The highest BCUT2D eigenvalue weighted by Crippen LogP contribution is 2.22. The summed E-state index contributed by atoms with van der Waals surface area (Å²) in [6, 6.07) is 13.1. The van der Waals surface area contributed by atoms with Crippen LogP contribution in [0.25, 0.3) is 33.7 Å². The maximum absolute atomic E-state index is 13.0. The lowest BCUT2D eigenvalue weighted by Gasteiger charge is -2.06. The van der Waals surface area contributed by atoms with E-state index in [-0.39, 0.29) is 17.1 Å². The monoisotopic (exact) mass is 321 g/mol. The van der Waals surface area contributed by atoms with Gasteiger partial charge in [0.05, 0.1) is 5.52 Å². The Morgan fingerprint density at radius 3 is 2.62 bits per heavy atom. The molecule has 0 radical (unpaired) electrons. The van der Waals surface area contributed by atoms with Crippen LogP contribution in [0.3, 0.4) is 0 Å². The van der Waals surface area contributed by atoms with E-state index in [2.05, 4.69) is 10.1 Å². The molecule has 0 atom stereocenters. The quantitative estimate of drug-likeness (QED) is 0.568. The first-order valence-corrected chi connectivity index (χ1v) is 7.32. The fourth-order valence-corrected chi connectivity index (χ4v) is 2.64. The minimum absolute atomic E-state index is 0.140. The number of fused-ring (bicyclic) bond motifs is 1. The Morgan fingerprint density at radius 1 is 1.08 bits per heavy atom. The van der Waals surface area contributed by atoms with Crippen LogP contribution in [0.5, 0.6) is 0 Å². The van der Waals surface area contributed by atoms with Gasteiger partial charge in [-0.25, -0.2) is 4.39 Å². The molecule has 4 aromatic rings. The van der Waals surface area contributed by atoms with E-state index in [1.54, 1.807) is 24.4 Å². The number of benzene rings is 2. The largest absolute Gasteiger partial charge is 0.350 e. The van der Waals surface area contributed by atoms with Gasteiger partial charge in [0.2, 0.25) is 11.3 Å². The van der Waals surface area contributed by atoms with Crippen LogP contribution in [0.1, 0.15) is 0 Å². The highest BCUT2D eigenvalue weighted by atomic mass is 19.1. The predicted molar refractivity (Wildman–Crippen MR) is 87.9 cm³/mol. The van der Waals surface area contributed by atoms with Gasteiger partial charge in [-0.05, 0) is 36.4 Å². The molecule has 0 spiro atoms. The van der Waals surface area contributed by atoms with Gasteiger partial charge in [-0.15, -0.1) is 0 Å². The number of nitrogens with zero attached hydrogens (tertiary/aromatic N) is 3. The third-order valence-corrected chi connectivity index (χ3v) is 3.85. The van der Waals surface area contributed by atoms with E-state index in [1.165, 1.54) is 12.1 Å². The van der Waals surface area contributed by atoms with Crippen LogP contribution in [0.4, 0.5) is 4.39 Å². The Kier molecular flexibility index (Phi) is 3.23. The Hall–Kier alpha value is -3.28. The van der Waals surface area contributed by atoms with Crippen LogP contribution in [0.15, 0.2) is 64.0 Å². The molecule has 2 aromatic carbocycles. The Morgan fingerprint density at radius 2 is 1.83 bits per heavy atom. The molecular formula is C18H12FN3O2. The maximum atomic E-state index is 13.0. The van der Waals surface area contributed by atoms with E-state index in [4.69, 9.17) is 4.52 Å². The van der Waals surface area contributed by atoms with Crippen molar-refractivity contribution in [2.45, 2.75) is 0 Å². The molecule has 0 unspecified atom stereocenters. The molecule has 0 N–H and O–H groups in total. The molecule has 0 aliphatic rings. The second-order valence-corrected chi connectivity index (χ2v) is 5.43. The van der Waals surface area contributed by atoms with Crippen LogP contribution < -0.4 is 5.43 Å². The zero-order chi connectivity index (χ0) is 16.7.